The smallest absolute Gasteiger partial charge is 0.267 e. The molecule has 1 aromatic carbocycles. The monoisotopic (exact) mass is 301 g/mol. The highest BCUT2D eigenvalue weighted by atomic mass is 19.4. The number of halogens is 5. The molecule has 0 aliphatic heterocycles. The van der Waals surface area contributed by atoms with Crippen molar-refractivity contribution in [2.24, 2.45) is 0 Å². The van der Waals surface area contributed by atoms with Crippen LogP contribution < -0.4 is 5.56 Å². The van der Waals surface area contributed by atoms with Gasteiger partial charge >= 0.3 is 6.18 Å². The van der Waals surface area contributed by atoms with Gasteiger partial charge in [0.1, 0.15) is 17.6 Å². The maximum absolute atomic E-state index is 13.7. The van der Waals surface area contributed by atoms with E-state index in [0.29, 0.717) is 18.3 Å². The van der Waals surface area contributed by atoms with Gasteiger partial charge in [-0.05, 0) is 6.07 Å². The fourth-order valence-electron chi connectivity index (χ4n) is 1.53. The lowest BCUT2D eigenvalue weighted by molar-refractivity contribution is -0.138. The van der Waals surface area contributed by atoms with Crippen LogP contribution in [-0.4, -0.2) is 9.78 Å². The van der Waals surface area contributed by atoms with E-state index in [0.717, 1.165) is 0 Å². The predicted molar refractivity (Wildman–Crippen MR) is 59.5 cm³/mol. The van der Waals surface area contributed by atoms with E-state index < -0.39 is 40.2 Å². The molecule has 2 rings (SSSR count). The first-order valence-corrected chi connectivity index (χ1v) is 5.30. The van der Waals surface area contributed by atoms with Crippen LogP contribution in [0.1, 0.15) is 11.1 Å². The summed E-state index contributed by atoms with van der Waals surface area (Å²) in [6, 6.07) is 2.63. The van der Waals surface area contributed by atoms with Gasteiger partial charge in [0.25, 0.3) is 5.56 Å². The normalized spacial score (nSPS) is 11.2. The van der Waals surface area contributed by atoms with Gasteiger partial charge in [-0.25, -0.2) is 8.78 Å². The number of alkyl halides is 3. The number of hydrogen-bond acceptors (Lipinski definition) is 3. The van der Waals surface area contributed by atoms with Gasteiger partial charge in [0.15, 0.2) is 5.82 Å². The second-order valence-corrected chi connectivity index (χ2v) is 3.89. The molecule has 0 amide bonds. The van der Waals surface area contributed by atoms with Crippen LogP contribution in [-0.2, 0) is 6.18 Å². The zero-order valence-electron chi connectivity index (χ0n) is 9.95. The van der Waals surface area contributed by atoms with Gasteiger partial charge < -0.3 is 0 Å². The first-order valence-electron chi connectivity index (χ1n) is 5.30. The molecular weight excluding hydrogens is 297 g/mol. The van der Waals surface area contributed by atoms with Crippen molar-refractivity contribution >= 4 is 0 Å². The van der Waals surface area contributed by atoms with Crippen molar-refractivity contribution in [3.63, 3.8) is 0 Å². The average Bonchev–Trinajstić information content (AvgIpc) is 2.40. The van der Waals surface area contributed by atoms with Crippen molar-refractivity contribution in [1.29, 1.82) is 5.26 Å². The minimum atomic E-state index is -4.78. The van der Waals surface area contributed by atoms with E-state index >= 15 is 0 Å². The summed E-state index contributed by atoms with van der Waals surface area (Å²) < 4.78 is 64.5. The van der Waals surface area contributed by atoms with Crippen LogP contribution >= 0.6 is 0 Å². The Morgan fingerprint density at radius 1 is 1.14 bits per heavy atom. The maximum atomic E-state index is 13.7. The molecule has 21 heavy (non-hydrogen) atoms. The number of nitriles is 1. The highest BCUT2D eigenvalue weighted by molar-refractivity contribution is 5.41. The molecule has 0 N–H and O–H groups in total. The summed E-state index contributed by atoms with van der Waals surface area (Å²) in [7, 11) is 0. The van der Waals surface area contributed by atoms with Crippen LogP contribution in [0, 0.1) is 23.0 Å². The Morgan fingerprint density at radius 3 is 2.33 bits per heavy atom. The zero-order valence-corrected chi connectivity index (χ0v) is 9.95. The van der Waals surface area contributed by atoms with Gasteiger partial charge in [0.05, 0.1) is 17.3 Å². The molecule has 108 valence electrons. The number of rotatable bonds is 1. The van der Waals surface area contributed by atoms with Crippen LogP contribution in [0.2, 0.25) is 0 Å². The number of nitrogens with zero attached hydrogens (tertiary/aromatic N) is 3. The molecule has 4 nitrogen and oxygen atoms in total. The lowest BCUT2D eigenvalue weighted by Crippen LogP contribution is -2.24. The minimum Gasteiger partial charge on any atom is -0.267 e. The van der Waals surface area contributed by atoms with Gasteiger partial charge in [-0.1, -0.05) is 0 Å². The van der Waals surface area contributed by atoms with E-state index in [9.17, 15) is 26.7 Å². The van der Waals surface area contributed by atoms with Crippen molar-refractivity contribution in [1.82, 2.24) is 9.78 Å². The van der Waals surface area contributed by atoms with Crippen LogP contribution in [0.25, 0.3) is 5.69 Å². The average molecular weight is 301 g/mol. The summed E-state index contributed by atoms with van der Waals surface area (Å²) in [5.74, 6) is -2.29. The Kier molecular flexibility index (Phi) is 3.47. The van der Waals surface area contributed by atoms with Gasteiger partial charge in [0.2, 0.25) is 0 Å². The summed E-state index contributed by atoms with van der Waals surface area (Å²) in [5.41, 5.74) is -3.88. The summed E-state index contributed by atoms with van der Waals surface area (Å²) in [5, 5.41) is 11.7. The summed E-state index contributed by atoms with van der Waals surface area (Å²) >= 11 is 0. The van der Waals surface area contributed by atoms with Crippen molar-refractivity contribution in [3.8, 4) is 11.8 Å². The van der Waals surface area contributed by atoms with E-state index in [1.807, 2.05) is 0 Å². The standard InChI is InChI=1S/C12H4F5N3O/c13-8-3-10(9(14)1-6(8)4-18)20-11(21)2-7(5-19-20)12(15,16)17/h1-3,5H. The topological polar surface area (TPSA) is 58.7 Å². The molecule has 1 heterocycles. The van der Waals surface area contributed by atoms with Gasteiger partial charge in [0, 0.05) is 12.1 Å². The Morgan fingerprint density at radius 2 is 1.81 bits per heavy atom. The lowest BCUT2D eigenvalue weighted by Gasteiger charge is -2.09. The van der Waals surface area contributed by atoms with Crippen molar-refractivity contribution in [2.75, 3.05) is 0 Å². The Hall–Kier alpha value is -2.76. The number of hydrogen-bond donors (Lipinski definition) is 0. The Labute approximate surface area is 113 Å². The Balaban J connectivity index is 2.62. The van der Waals surface area contributed by atoms with Crippen LogP contribution in [0.15, 0.2) is 29.2 Å². The van der Waals surface area contributed by atoms with Crippen LogP contribution in [0.4, 0.5) is 22.0 Å². The van der Waals surface area contributed by atoms with Crippen molar-refractivity contribution in [2.45, 2.75) is 6.18 Å². The van der Waals surface area contributed by atoms with Gasteiger partial charge in [-0.2, -0.15) is 28.2 Å². The molecule has 0 aliphatic rings. The molecule has 0 fully saturated rings. The fraction of sp³-hybridized carbons (Fsp3) is 0.0833. The quantitative estimate of drug-likeness (QED) is 0.760. The minimum absolute atomic E-state index is 0.211. The third kappa shape index (κ3) is 2.74. The van der Waals surface area contributed by atoms with E-state index in [1.165, 1.54) is 6.07 Å². The SMILES string of the molecule is N#Cc1cc(F)c(-n2ncc(C(F)(F)F)cc2=O)cc1F. The van der Waals surface area contributed by atoms with Crippen LogP contribution in [0.3, 0.4) is 0 Å². The zero-order chi connectivity index (χ0) is 15.8. The summed E-state index contributed by atoms with van der Waals surface area (Å²) in [6.45, 7) is 0. The van der Waals surface area contributed by atoms with E-state index in [-0.39, 0.29) is 10.7 Å². The molecular formula is C12H4F5N3O. The molecule has 2 aromatic rings. The number of benzene rings is 1. The fourth-order valence-corrected chi connectivity index (χ4v) is 1.53. The highest BCUT2D eigenvalue weighted by Crippen LogP contribution is 2.27. The molecule has 0 spiro atoms. The molecule has 0 radical (unpaired) electrons. The second kappa shape index (κ2) is 4.97. The molecule has 9 heteroatoms. The Bertz CT molecular complexity index is 804. The van der Waals surface area contributed by atoms with Crippen molar-refractivity contribution < 1.29 is 22.0 Å². The largest absolute Gasteiger partial charge is 0.418 e. The van der Waals surface area contributed by atoms with Crippen molar-refractivity contribution in [3.05, 3.63) is 57.5 Å². The van der Waals surface area contributed by atoms with Crippen LogP contribution in [0.5, 0.6) is 0 Å². The second-order valence-electron chi connectivity index (χ2n) is 3.89. The first-order chi connectivity index (χ1) is 9.74. The maximum Gasteiger partial charge on any atom is 0.418 e. The van der Waals surface area contributed by atoms with E-state index in [1.54, 1.807) is 0 Å². The molecule has 1 aromatic heterocycles. The number of aromatic nitrogens is 2. The molecule has 0 aliphatic carbocycles. The lowest BCUT2D eigenvalue weighted by atomic mass is 10.2. The molecule has 0 unspecified atom stereocenters. The molecule has 0 saturated carbocycles. The summed E-state index contributed by atoms with van der Waals surface area (Å²) in [6.07, 6.45) is -4.46. The molecule has 0 bridgehead atoms. The van der Waals surface area contributed by atoms with E-state index in [2.05, 4.69) is 5.10 Å². The van der Waals surface area contributed by atoms with Gasteiger partial charge in [-0.15, -0.1) is 0 Å². The predicted octanol–water partition coefficient (Wildman–Crippen LogP) is 2.40. The highest BCUT2D eigenvalue weighted by Gasteiger charge is 2.31. The molecule has 0 saturated heterocycles. The van der Waals surface area contributed by atoms with E-state index in [4.69, 9.17) is 5.26 Å². The first kappa shape index (κ1) is 14.6. The summed E-state index contributed by atoms with van der Waals surface area (Å²) in [4.78, 5) is 11.6. The third-order valence-corrected chi connectivity index (χ3v) is 2.51. The molecule has 0 atom stereocenters. The van der Waals surface area contributed by atoms with Gasteiger partial charge in [-0.3, -0.25) is 4.79 Å². The third-order valence-electron chi connectivity index (χ3n) is 2.51.